The predicted octanol–water partition coefficient (Wildman–Crippen LogP) is 4.35. The molecule has 0 amide bonds. The van der Waals surface area contributed by atoms with Crippen LogP contribution in [0, 0.1) is 13.8 Å². The zero-order chi connectivity index (χ0) is 16.4. The van der Waals surface area contributed by atoms with E-state index >= 15 is 0 Å². The maximum atomic E-state index is 5.69. The van der Waals surface area contributed by atoms with Crippen LogP contribution in [0.1, 0.15) is 25.0 Å². The molecule has 0 fully saturated rings. The van der Waals surface area contributed by atoms with E-state index in [1.165, 1.54) is 23.1 Å². The average Bonchev–Trinajstić information content (AvgIpc) is 2.46. The van der Waals surface area contributed by atoms with Gasteiger partial charge in [-0.2, -0.15) is 0 Å². The van der Waals surface area contributed by atoms with Crippen molar-refractivity contribution < 1.29 is 14.3 Å². The van der Waals surface area contributed by atoms with Crippen LogP contribution < -0.4 is 4.74 Å². The third-order valence-corrected chi connectivity index (χ3v) is 4.08. The van der Waals surface area contributed by atoms with Crippen LogP contribution in [0.15, 0.2) is 34.3 Å². The van der Waals surface area contributed by atoms with Crippen molar-refractivity contribution >= 4 is 17.5 Å². The van der Waals surface area contributed by atoms with Gasteiger partial charge in [-0.3, -0.25) is 0 Å². The van der Waals surface area contributed by atoms with Crippen LogP contribution in [-0.2, 0) is 9.57 Å². The van der Waals surface area contributed by atoms with Crippen molar-refractivity contribution in [3.63, 3.8) is 0 Å². The summed E-state index contributed by atoms with van der Waals surface area (Å²) in [6.45, 7) is 9.12. The molecule has 22 heavy (non-hydrogen) atoms. The topological polar surface area (TPSA) is 40.0 Å². The van der Waals surface area contributed by atoms with Crippen molar-refractivity contribution in [2.45, 2.75) is 32.6 Å². The lowest BCUT2D eigenvalue weighted by Gasteiger charge is -2.12. The van der Waals surface area contributed by atoms with Gasteiger partial charge < -0.3 is 14.3 Å². The van der Waals surface area contributed by atoms with E-state index in [0.717, 1.165) is 11.5 Å². The van der Waals surface area contributed by atoms with Gasteiger partial charge in [-0.05, 0) is 51.0 Å². The summed E-state index contributed by atoms with van der Waals surface area (Å²) < 4.78 is 11.3. The summed E-state index contributed by atoms with van der Waals surface area (Å²) >= 11 is 1.68. The van der Waals surface area contributed by atoms with E-state index in [4.69, 9.17) is 14.3 Å². The third kappa shape index (κ3) is 6.54. The molecular weight excluding hydrogens is 298 g/mol. The number of hydrogen-bond acceptors (Lipinski definition) is 5. The van der Waals surface area contributed by atoms with Crippen molar-refractivity contribution in [1.82, 2.24) is 0 Å². The Morgan fingerprint density at radius 1 is 1.27 bits per heavy atom. The minimum Gasteiger partial charge on any atom is -0.490 e. The molecule has 0 bridgehead atoms. The van der Waals surface area contributed by atoms with Gasteiger partial charge in [-0.1, -0.05) is 29.1 Å². The molecule has 0 radical (unpaired) electrons. The molecule has 0 atom stereocenters. The van der Waals surface area contributed by atoms with Gasteiger partial charge in [0.2, 0.25) is 0 Å². The molecule has 0 saturated carbocycles. The minimum absolute atomic E-state index is 0.476. The Balaban J connectivity index is 2.55. The summed E-state index contributed by atoms with van der Waals surface area (Å²) in [4.78, 5) is 5.93. The fraction of sp³-hybridized carbons (Fsp3) is 0.471. The van der Waals surface area contributed by atoms with Gasteiger partial charge in [0.1, 0.15) is 19.5 Å². The van der Waals surface area contributed by atoms with Gasteiger partial charge in [0.25, 0.3) is 0 Å². The van der Waals surface area contributed by atoms with E-state index in [2.05, 4.69) is 31.1 Å². The van der Waals surface area contributed by atoms with E-state index in [9.17, 15) is 0 Å². The molecule has 1 aromatic carbocycles. The number of hydrogen-bond donors (Lipinski definition) is 0. The van der Waals surface area contributed by atoms with Gasteiger partial charge in [0.05, 0.1) is 18.3 Å². The van der Waals surface area contributed by atoms with E-state index < -0.39 is 0 Å². The second-order valence-electron chi connectivity index (χ2n) is 4.89. The van der Waals surface area contributed by atoms with Crippen molar-refractivity contribution in [1.29, 1.82) is 0 Å². The molecule has 0 aromatic heterocycles. The minimum atomic E-state index is 0.476. The summed E-state index contributed by atoms with van der Waals surface area (Å²) in [5.74, 6) is 1.48. The first kappa shape index (κ1) is 18.6. The Bertz CT molecular complexity index is 504. The number of nitrogens with zero attached hydrogens (tertiary/aromatic N) is 1. The lowest BCUT2D eigenvalue weighted by atomic mass is 10.1. The zero-order valence-electron chi connectivity index (χ0n) is 14.0. The smallest absolute Gasteiger partial charge is 0.120 e. The van der Waals surface area contributed by atoms with Crippen LogP contribution >= 0.6 is 11.8 Å². The quantitative estimate of drug-likeness (QED) is 0.169. The number of thioether (sulfide) groups is 1. The molecule has 5 heteroatoms. The zero-order valence-corrected chi connectivity index (χ0v) is 14.8. The fourth-order valence-corrected chi connectivity index (χ4v) is 2.79. The Morgan fingerprint density at radius 2 is 1.95 bits per heavy atom. The number of ether oxygens (including phenoxy) is 2. The molecular formula is C17H25NO3S. The Hall–Kier alpha value is -1.46. The van der Waals surface area contributed by atoms with Crippen molar-refractivity contribution in [2.75, 3.05) is 26.3 Å². The Labute approximate surface area is 137 Å². The van der Waals surface area contributed by atoms with E-state index in [0.29, 0.717) is 19.2 Å². The molecule has 122 valence electrons. The van der Waals surface area contributed by atoms with E-state index in [1.54, 1.807) is 11.8 Å². The summed E-state index contributed by atoms with van der Waals surface area (Å²) in [5, 5.41) is 3.81. The van der Waals surface area contributed by atoms with Crippen molar-refractivity contribution in [2.24, 2.45) is 5.16 Å². The first-order valence-electron chi connectivity index (χ1n) is 7.20. The average molecular weight is 323 g/mol. The van der Waals surface area contributed by atoms with Crippen LogP contribution in [0.2, 0.25) is 0 Å². The molecule has 0 saturated heterocycles. The summed E-state index contributed by atoms with van der Waals surface area (Å²) in [7, 11) is 1.53. The van der Waals surface area contributed by atoms with Crippen molar-refractivity contribution in [3.8, 4) is 5.75 Å². The first-order chi connectivity index (χ1) is 10.6. The number of aryl methyl sites for hydroxylation is 2. The van der Waals surface area contributed by atoms with Crippen LogP contribution in [0.3, 0.4) is 0 Å². The molecule has 1 aromatic rings. The highest BCUT2D eigenvalue weighted by Gasteiger charge is 2.07. The number of oxime groups is 1. The van der Waals surface area contributed by atoms with Gasteiger partial charge in [-0.15, -0.1) is 0 Å². The molecule has 0 heterocycles. The van der Waals surface area contributed by atoms with Gasteiger partial charge in [0, 0.05) is 4.90 Å². The van der Waals surface area contributed by atoms with Crippen LogP contribution in [0.5, 0.6) is 5.75 Å². The predicted molar refractivity (Wildman–Crippen MR) is 93.0 cm³/mol. The van der Waals surface area contributed by atoms with Gasteiger partial charge in [0.15, 0.2) is 0 Å². The summed E-state index contributed by atoms with van der Waals surface area (Å²) in [5.41, 5.74) is 3.22. The van der Waals surface area contributed by atoms with Crippen LogP contribution in [0.4, 0.5) is 0 Å². The molecule has 0 N–H and O–H groups in total. The second-order valence-corrected chi connectivity index (χ2v) is 5.82. The normalized spacial score (nSPS) is 12.0. The maximum Gasteiger partial charge on any atom is 0.120 e. The van der Waals surface area contributed by atoms with Crippen LogP contribution in [0.25, 0.3) is 0 Å². The Morgan fingerprint density at radius 3 is 2.55 bits per heavy atom. The number of allylic oxidation sites excluding steroid dienone is 1. The largest absolute Gasteiger partial charge is 0.490 e. The van der Waals surface area contributed by atoms with Crippen molar-refractivity contribution in [3.05, 3.63) is 35.4 Å². The van der Waals surface area contributed by atoms with Gasteiger partial charge in [-0.25, -0.2) is 0 Å². The standard InChI is InChI=1S/C17H25NO3S/c1-6-7-8-21-16-9-13(2)17(14(3)10-16)22-12-20-11-15(4)18-19-5/h6-7,9-10H,8,11-12H2,1-5H3/b7-6+,18-15+. The summed E-state index contributed by atoms with van der Waals surface area (Å²) in [6, 6.07) is 4.13. The fourth-order valence-electron chi connectivity index (χ4n) is 1.93. The summed E-state index contributed by atoms with van der Waals surface area (Å²) in [6.07, 6.45) is 3.97. The molecule has 0 aliphatic rings. The molecule has 0 unspecified atom stereocenters. The van der Waals surface area contributed by atoms with Crippen LogP contribution in [-0.4, -0.2) is 32.0 Å². The number of benzene rings is 1. The van der Waals surface area contributed by atoms with E-state index in [-0.39, 0.29) is 0 Å². The van der Waals surface area contributed by atoms with E-state index in [1.807, 2.05) is 26.0 Å². The Kier molecular flexibility index (Phi) is 8.70. The highest BCUT2D eigenvalue weighted by molar-refractivity contribution is 7.99. The highest BCUT2D eigenvalue weighted by Crippen LogP contribution is 2.30. The molecule has 4 nitrogen and oxygen atoms in total. The lowest BCUT2D eigenvalue weighted by Crippen LogP contribution is -2.05. The first-order valence-corrected chi connectivity index (χ1v) is 8.19. The number of rotatable bonds is 9. The lowest BCUT2D eigenvalue weighted by molar-refractivity contribution is 0.195. The molecule has 0 spiro atoms. The highest BCUT2D eigenvalue weighted by atomic mass is 32.2. The monoisotopic (exact) mass is 323 g/mol. The second kappa shape index (κ2) is 10.3. The SMILES string of the molecule is C/C=C/COc1cc(C)c(SCOC/C(C)=N/OC)c(C)c1. The van der Waals surface area contributed by atoms with Gasteiger partial charge >= 0.3 is 0 Å². The molecule has 0 aliphatic heterocycles. The maximum absolute atomic E-state index is 5.69. The molecule has 1 rings (SSSR count). The third-order valence-electron chi connectivity index (χ3n) is 2.86. The molecule has 0 aliphatic carbocycles.